The number of sulfonamides is 1. The van der Waals surface area contributed by atoms with E-state index in [1.165, 1.54) is 30.3 Å². The number of carbonyl (C=O) groups excluding carboxylic acids is 1. The van der Waals surface area contributed by atoms with Crippen molar-refractivity contribution in [2.24, 2.45) is 0 Å². The molecule has 0 aliphatic heterocycles. The average molecular weight is 379 g/mol. The van der Waals surface area contributed by atoms with E-state index in [1.807, 2.05) is 0 Å². The number of hydrogen-bond donors (Lipinski definition) is 3. The first-order valence-corrected chi connectivity index (χ1v) is 8.98. The summed E-state index contributed by atoms with van der Waals surface area (Å²) in [6.07, 6.45) is -0.350. The molecular weight excluding hydrogens is 362 g/mol. The van der Waals surface area contributed by atoms with Crippen LogP contribution in [0.15, 0.2) is 47.4 Å². The monoisotopic (exact) mass is 379 g/mol. The average Bonchev–Trinajstić information content (AvgIpc) is 2.53. The number of esters is 1. The molecule has 8 nitrogen and oxygen atoms in total. The van der Waals surface area contributed by atoms with Crippen molar-refractivity contribution in [1.82, 2.24) is 0 Å². The molecule has 0 atom stereocenters. The maximum atomic E-state index is 12.5. The van der Waals surface area contributed by atoms with Gasteiger partial charge in [0.1, 0.15) is 11.3 Å². The smallest absolute Gasteiger partial charge is 0.339 e. The van der Waals surface area contributed by atoms with Crippen molar-refractivity contribution in [2.75, 3.05) is 4.72 Å². The lowest BCUT2D eigenvalue weighted by molar-refractivity contribution is 0.0377. The minimum atomic E-state index is -4.06. The van der Waals surface area contributed by atoms with E-state index < -0.39 is 27.7 Å². The van der Waals surface area contributed by atoms with E-state index in [4.69, 9.17) is 9.84 Å². The topological polar surface area (TPSA) is 130 Å². The predicted octanol–water partition coefficient (Wildman–Crippen LogP) is 2.46. The summed E-state index contributed by atoms with van der Waals surface area (Å²) in [6.45, 7) is 3.35. The molecular formula is C17H17NO7S. The molecule has 0 spiro atoms. The Morgan fingerprint density at radius 1 is 1.12 bits per heavy atom. The normalized spacial score (nSPS) is 11.2. The predicted molar refractivity (Wildman–Crippen MR) is 92.9 cm³/mol. The third kappa shape index (κ3) is 4.51. The first-order chi connectivity index (χ1) is 12.1. The van der Waals surface area contributed by atoms with Crippen LogP contribution in [0.5, 0.6) is 5.75 Å². The van der Waals surface area contributed by atoms with E-state index in [-0.39, 0.29) is 27.8 Å². The van der Waals surface area contributed by atoms with Crippen molar-refractivity contribution < 1.29 is 33.0 Å². The van der Waals surface area contributed by atoms with Crippen molar-refractivity contribution in [3.05, 3.63) is 53.6 Å². The van der Waals surface area contributed by atoms with Gasteiger partial charge in [-0.25, -0.2) is 18.0 Å². The van der Waals surface area contributed by atoms with Crippen LogP contribution in [-0.4, -0.2) is 36.7 Å². The van der Waals surface area contributed by atoms with E-state index in [2.05, 4.69) is 4.72 Å². The van der Waals surface area contributed by atoms with Crippen LogP contribution in [0.4, 0.5) is 5.69 Å². The second-order valence-corrected chi connectivity index (χ2v) is 7.31. The van der Waals surface area contributed by atoms with Gasteiger partial charge in [-0.1, -0.05) is 6.07 Å². The largest absolute Gasteiger partial charge is 0.507 e. The molecule has 0 fully saturated rings. The van der Waals surface area contributed by atoms with Gasteiger partial charge in [-0.2, -0.15) is 0 Å². The van der Waals surface area contributed by atoms with Gasteiger partial charge in [0.05, 0.1) is 22.3 Å². The number of nitrogens with one attached hydrogen (secondary N) is 1. The molecule has 0 heterocycles. The fourth-order valence-electron chi connectivity index (χ4n) is 2.06. The molecule has 0 unspecified atom stereocenters. The van der Waals surface area contributed by atoms with Crippen LogP contribution in [-0.2, 0) is 14.8 Å². The number of ether oxygens (including phenoxy) is 1. The highest BCUT2D eigenvalue weighted by molar-refractivity contribution is 7.92. The highest BCUT2D eigenvalue weighted by Gasteiger charge is 2.19. The van der Waals surface area contributed by atoms with Crippen LogP contribution in [0.2, 0.25) is 0 Å². The third-order valence-electron chi connectivity index (χ3n) is 3.20. The molecule has 0 amide bonds. The third-order valence-corrected chi connectivity index (χ3v) is 4.58. The van der Waals surface area contributed by atoms with Crippen molar-refractivity contribution in [3.8, 4) is 5.75 Å². The van der Waals surface area contributed by atoms with Gasteiger partial charge in [-0.3, -0.25) is 4.72 Å². The van der Waals surface area contributed by atoms with Gasteiger partial charge < -0.3 is 14.9 Å². The minimum absolute atomic E-state index is 0.0253. The summed E-state index contributed by atoms with van der Waals surface area (Å²) in [4.78, 5) is 22.6. The molecule has 2 aromatic rings. The van der Waals surface area contributed by atoms with Crippen LogP contribution in [0.25, 0.3) is 0 Å². The van der Waals surface area contributed by atoms with Gasteiger partial charge in [0.2, 0.25) is 0 Å². The van der Waals surface area contributed by atoms with E-state index in [0.29, 0.717) is 0 Å². The quantitative estimate of drug-likeness (QED) is 0.657. The second kappa shape index (κ2) is 7.44. The van der Waals surface area contributed by atoms with Crippen LogP contribution >= 0.6 is 0 Å². The number of carbonyl (C=O) groups is 2. The van der Waals surface area contributed by atoms with Crippen molar-refractivity contribution in [1.29, 1.82) is 0 Å². The number of rotatable bonds is 6. The van der Waals surface area contributed by atoms with E-state index in [0.717, 1.165) is 12.1 Å². The summed E-state index contributed by atoms with van der Waals surface area (Å²) in [5.41, 5.74) is -0.306. The van der Waals surface area contributed by atoms with Gasteiger partial charge in [0.25, 0.3) is 10.0 Å². The number of carboxylic acids is 1. The Hall–Kier alpha value is -3.07. The number of aromatic hydroxyl groups is 1. The summed E-state index contributed by atoms with van der Waals surface area (Å²) >= 11 is 0. The highest BCUT2D eigenvalue weighted by atomic mass is 32.2. The SMILES string of the molecule is CC(C)OC(=O)c1cccc(S(=O)(=O)Nc2ccc(C(=O)O)c(O)c2)c1. The maximum Gasteiger partial charge on any atom is 0.339 e. The first-order valence-electron chi connectivity index (χ1n) is 7.50. The van der Waals surface area contributed by atoms with Crippen molar-refractivity contribution >= 4 is 27.6 Å². The van der Waals surface area contributed by atoms with E-state index in [9.17, 15) is 23.1 Å². The summed E-state index contributed by atoms with van der Waals surface area (Å²) in [7, 11) is -4.06. The Morgan fingerprint density at radius 3 is 2.38 bits per heavy atom. The van der Waals surface area contributed by atoms with Crippen LogP contribution in [0.3, 0.4) is 0 Å². The van der Waals surface area contributed by atoms with Gasteiger partial charge in [-0.15, -0.1) is 0 Å². The summed E-state index contributed by atoms with van der Waals surface area (Å²) in [5.74, 6) is -2.57. The lowest BCUT2D eigenvalue weighted by Gasteiger charge is -2.11. The summed E-state index contributed by atoms with van der Waals surface area (Å²) < 4.78 is 32.2. The molecule has 0 bridgehead atoms. The Balaban J connectivity index is 2.29. The zero-order valence-corrected chi connectivity index (χ0v) is 14.8. The number of phenols is 1. The molecule has 2 rings (SSSR count). The number of anilines is 1. The lowest BCUT2D eigenvalue weighted by Crippen LogP contribution is -2.15. The number of aromatic carboxylic acids is 1. The Bertz CT molecular complexity index is 951. The lowest BCUT2D eigenvalue weighted by atomic mass is 10.2. The Morgan fingerprint density at radius 2 is 1.81 bits per heavy atom. The van der Waals surface area contributed by atoms with Gasteiger partial charge in [0, 0.05) is 6.07 Å². The van der Waals surface area contributed by atoms with Crippen molar-refractivity contribution in [2.45, 2.75) is 24.8 Å². The van der Waals surface area contributed by atoms with E-state index >= 15 is 0 Å². The molecule has 3 N–H and O–H groups in total. The molecule has 0 aliphatic rings. The fourth-order valence-corrected chi connectivity index (χ4v) is 3.16. The molecule has 0 aromatic heterocycles. The van der Waals surface area contributed by atoms with Gasteiger partial charge in [-0.05, 0) is 44.2 Å². The molecule has 2 aromatic carbocycles. The van der Waals surface area contributed by atoms with Crippen molar-refractivity contribution in [3.63, 3.8) is 0 Å². The second-order valence-electron chi connectivity index (χ2n) is 5.62. The van der Waals surface area contributed by atoms with Crippen LogP contribution < -0.4 is 4.72 Å². The minimum Gasteiger partial charge on any atom is -0.507 e. The molecule has 0 saturated heterocycles. The molecule has 9 heteroatoms. The number of benzene rings is 2. The van der Waals surface area contributed by atoms with Gasteiger partial charge in [0.15, 0.2) is 0 Å². The zero-order valence-electron chi connectivity index (χ0n) is 14.0. The molecule has 0 saturated carbocycles. The molecule has 138 valence electrons. The zero-order chi connectivity index (χ0) is 19.5. The Kier molecular flexibility index (Phi) is 5.51. The Labute approximate surface area is 150 Å². The van der Waals surface area contributed by atoms with Crippen LogP contribution in [0, 0.1) is 0 Å². The molecule has 0 radical (unpaired) electrons. The summed E-state index contributed by atoms with van der Waals surface area (Å²) in [6, 6.07) is 8.55. The molecule has 0 aliphatic carbocycles. The standard InChI is InChI=1S/C17H17NO7S/c1-10(2)25-17(22)11-4-3-5-13(8-11)26(23,24)18-12-6-7-14(16(20)21)15(19)9-12/h3-10,18-19H,1-2H3,(H,20,21). The van der Waals surface area contributed by atoms with Crippen LogP contribution in [0.1, 0.15) is 34.6 Å². The first kappa shape index (κ1) is 19.3. The number of hydrogen-bond acceptors (Lipinski definition) is 6. The fraction of sp³-hybridized carbons (Fsp3) is 0.176. The number of carboxylic acid groups (broad SMARTS) is 1. The maximum absolute atomic E-state index is 12.5. The molecule has 26 heavy (non-hydrogen) atoms. The van der Waals surface area contributed by atoms with Gasteiger partial charge >= 0.3 is 11.9 Å². The van der Waals surface area contributed by atoms with E-state index in [1.54, 1.807) is 13.8 Å². The highest BCUT2D eigenvalue weighted by Crippen LogP contribution is 2.24. The summed E-state index contributed by atoms with van der Waals surface area (Å²) in [5, 5.41) is 18.5.